The van der Waals surface area contributed by atoms with Crippen LogP contribution < -0.4 is 4.74 Å². The van der Waals surface area contributed by atoms with E-state index in [0.717, 1.165) is 11.3 Å². The van der Waals surface area contributed by atoms with Gasteiger partial charge in [-0.25, -0.2) is 4.79 Å². The van der Waals surface area contributed by atoms with E-state index >= 15 is 0 Å². The van der Waals surface area contributed by atoms with Crippen molar-refractivity contribution in [3.05, 3.63) is 34.9 Å². The summed E-state index contributed by atoms with van der Waals surface area (Å²) in [4.78, 5) is 10.8. The van der Waals surface area contributed by atoms with Gasteiger partial charge in [0, 0.05) is 0 Å². The maximum absolute atomic E-state index is 10.8. The zero-order valence-electron chi connectivity index (χ0n) is 9.94. The number of allylic oxidation sites excluding steroid dienone is 1. The third-order valence-corrected chi connectivity index (χ3v) is 2.53. The third kappa shape index (κ3) is 2.64. The second kappa shape index (κ2) is 5.17. The number of rotatable bonds is 3. The molecule has 0 spiro atoms. The fourth-order valence-electron chi connectivity index (χ4n) is 1.55. The molecule has 4 nitrogen and oxygen atoms in total. The molecule has 4 heteroatoms. The molecule has 0 radical (unpaired) electrons. The second-order valence-corrected chi connectivity index (χ2v) is 3.60. The summed E-state index contributed by atoms with van der Waals surface area (Å²) in [6, 6.07) is 6.99. The molecule has 0 fully saturated rings. The third-order valence-electron chi connectivity index (χ3n) is 2.53. The molecule has 0 saturated heterocycles. The molecule has 1 aromatic rings. The van der Waals surface area contributed by atoms with Gasteiger partial charge in [0.2, 0.25) is 0 Å². The van der Waals surface area contributed by atoms with E-state index in [2.05, 4.69) is 0 Å². The molecule has 0 amide bonds. The zero-order chi connectivity index (χ0) is 13.0. The highest BCUT2D eigenvalue weighted by Crippen LogP contribution is 2.24. The van der Waals surface area contributed by atoms with E-state index in [1.807, 2.05) is 6.92 Å². The summed E-state index contributed by atoms with van der Waals surface area (Å²) in [6.45, 7) is 3.48. The highest BCUT2D eigenvalue weighted by Gasteiger charge is 2.12. The maximum atomic E-state index is 10.8. The van der Waals surface area contributed by atoms with Crippen molar-refractivity contribution < 1.29 is 14.6 Å². The van der Waals surface area contributed by atoms with Gasteiger partial charge in [0.15, 0.2) is 0 Å². The van der Waals surface area contributed by atoms with Crippen LogP contribution in [0.4, 0.5) is 0 Å². The van der Waals surface area contributed by atoms with Crippen LogP contribution in [0.2, 0.25) is 0 Å². The van der Waals surface area contributed by atoms with Crippen LogP contribution in [-0.2, 0) is 4.79 Å². The summed E-state index contributed by atoms with van der Waals surface area (Å²) in [7, 11) is 1.57. The van der Waals surface area contributed by atoms with Crippen LogP contribution in [-0.4, -0.2) is 18.2 Å². The molecule has 0 unspecified atom stereocenters. The van der Waals surface area contributed by atoms with Gasteiger partial charge in [0.05, 0.1) is 7.11 Å². The van der Waals surface area contributed by atoms with E-state index in [1.54, 1.807) is 38.3 Å². The number of nitrogens with zero attached hydrogens (tertiary/aromatic N) is 1. The molecule has 0 heterocycles. The minimum Gasteiger partial charge on any atom is -0.496 e. The van der Waals surface area contributed by atoms with Gasteiger partial charge in [-0.2, -0.15) is 5.26 Å². The van der Waals surface area contributed by atoms with Gasteiger partial charge in [-0.1, -0.05) is 6.07 Å². The summed E-state index contributed by atoms with van der Waals surface area (Å²) in [5.41, 5.74) is 1.81. The van der Waals surface area contributed by atoms with Gasteiger partial charge < -0.3 is 9.84 Å². The van der Waals surface area contributed by atoms with Gasteiger partial charge in [0.25, 0.3) is 0 Å². The highest BCUT2D eigenvalue weighted by molar-refractivity contribution is 6.00. The summed E-state index contributed by atoms with van der Waals surface area (Å²) in [5.74, 6) is -0.478. The molecule has 0 atom stereocenters. The van der Waals surface area contributed by atoms with Crippen molar-refractivity contribution in [1.29, 1.82) is 5.26 Å². The minimum absolute atomic E-state index is 0.241. The molecule has 1 rings (SSSR count). The highest BCUT2D eigenvalue weighted by atomic mass is 16.5. The van der Waals surface area contributed by atoms with Crippen molar-refractivity contribution in [1.82, 2.24) is 0 Å². The van der Waals surface area contributed by atoms with E-state index in [0.29, 0.717) is 11.1 Å². The lowest BCUT2D eigenvalue weighted by Crippen LogP contribution is -2.01. The first-order chi connectivity index (χ1) is 8.01. The number of ether oxygens (including phenoxy) is 1. The standard InChI is InChI=1S/C13H13NO3/c1-8-6-10(4-5-12(8)17-3)9(2)11(7-14)13(15)16/h4-6H,1-3H3,(H,15,16)/b11-9+. The molecule has 1 aromatic carbocycles. The number of carboxylic acid groups (broad SMARTS) is 1. The average molecular weight is 231 g/mol. The van der Waals surface area contributed by atoms with E-state index in [4.69, 9.17) is 15.1 Å². The van der Waals surface area contributed by atoms with E-state index in [-0.39, 0.29) is 5.57 Å². The fourth-order valence-corrected chi connectivity index (χ4v) is 1.55. The first-order valence-electron chi connectivity index (χ1n) is 5.00. The largest absolute Gasteiger partial charge is 0.496 e. The second-order valence-electron chi connectivity index (χ2n) is 3.60. The van der Waals surface area contributed by atoms with Crippen molar-refractivity contribution >= 4 is 11.5 Å². The van der Waals surface area contributed by atoms with Gasteiger partial charge in [-0.15, -0.1) is 0 Å². The quantitative estimate of drug-likeness (QED) is 0.640. The summed E-state index contributed by atoms with van der Waals surface area (Å²) in [5, 5.41) is 17.7. The number of hydrogen-bond donors (Lipinski definition) is 1. The van der Waals surface area contributed by atoms with Gasteiger partial charge in [0.1, 0.15) is 17.4 Å². The Hall–Kier alpha value is -2.28. The molecule has 0 aliphatic heterocycles. The molecule has 0 saturated carbocycles. The van der Waals surface area contributed by atoms with Crippen molar-refractivity contribution in [2.45, 2.75) is 13.8 Å². The first-order valence-corrected chi connectivity index (χ1v) is 5.00. The monoisotopic (exact) mass is 231 g/mol. The molecule has 17 heavy (non-hydrogen) atoms. The van der Waals surface area contributed by atoms with E-state index in [1.165, 1.54) is 0 Å². The lowest BCUT2D eigenvalue weighted by molar-refractivity contribution is -0.132. The Kier molecular flexibility index (Phi) is 3.89. The lowest BCUT2D eigenvalue weighted by atomic mass is 10.00. The van der Waals surface area contributed by atoms with Crippen LogP contribution in [0.15, 0.2) is 23.8 Å². The van der Waals surface area contributed by atoms with Crippen LogP contribution in [0.25, 0.3) is 5.57 Å². The predicted molar refractivity (Wildman–Crippen MR) is 63.6 cm³/mol. The normalized spacial score (nSPS) is 11.4. The fraction of sp³-hybridized carbons (Fsp3) is 0.231. The molecular formula is C13H13NO3. The summed E-state index contributed by atoms with van der Waals surface area (Å²) < 4.78 is 5.12. The van der Waals surface area contributed by atoms with Gasteiger partial charge in [-0.3, -0.25) is 0 Å². The number of aliphatic carboxylic acids is 1. The van der Waals surface area contributed by atoms with E-state index in [9.17, 15) is 4.79 Å². The number of hydrogen-bond acceptors (Lipinski definition) is 3. The Balaban J connectivity index is 3.31. The number of methoxy groups -OCH3 is 1. The molecule has 0 aliphatic rings. The van der Waals surface area contributed by atoms with Crippen LogP contribution in [0, 0.1) is 18.3 Å². The number of carboxylic acids is 1. The van der Waals surface area contributed by atoms with Crippen LogP contribution in [0.5, 0.6) is 5.75 Å². The number of nitriles is 1. The number of carbonyl (C=O) groups is 1. The Morgan fingerprint density at radius 1 is 1.47 bits per heavy atom. The van der Waals surface area contributed by atoms with Crippen LogP contribution in [0.1, 0.15) is 18.1 Å². The van der Waals surface area contributed by atoms with Crippen molar-refractivity contribution in [2.75, 3.05) is 7.11 Å². The minimum atomic E-state index is -1.21. The topological polar surface area (TPSA) is 70.3 Å². The summed E-state index contributed by atoms with van der Waals surface area (Å²) in [6.07, 6.45) is 0. The molecule has 0 aromatic heterocycles. The molecule has 88 valence electrons. The van der Waals surface area contributed by atoms with Crippen molar-refractivity contribution in [3.8, 4) is 11.8 Å². The zero-order valence-corrected chi connectivity index (χ0v) is 9.94. The molecular weight excluding hydrogens is 218 g/mol. The Labute approximate surface area is 99.8 Å². The Morgan fingerprint density at radius 3 is 2.53 bits per heavy atom. The Morgan fingerprint density at radius 2 is 2.12 bits per heavy atom. The Bertz CT molecular complexity index is 524. The molecule has 0 aliphatic carbocycles. The smallest absolute Gasteiger partial charge is 0.346 e. The van der Waals surface area contributed by atoms with Crippen molar-refractivity contribution in [2.24, 2.45) is 0 Å². The molecule has 1 N–H and O–H groups in total. The molecule has 0 bridgehead atoms. The number of benzene rings is 1. The van der Waals surface area contributed by atoms with E-state index < -0.39 is 5.97 Å². The van der Waals surface area contributed by atoms with Gasteiger partial charge in [-0.05, 0) is 42.7 Å². The van der Waals surface area contributed by atoms with Crippen molar-refractivity contribution in [3.63, 3.8) is 0 Å². The first kappa shape index (κ1) is 12.8. The van der Waals surface area contributed by atoms with Crippen LogP contribution >= 0.6 is 0 Å². The average Bonchev–Trinajstić information content (AvgIpc) is 2.29. The van der Waals surface area contributed by atoms with Crippen LogP contribution in [0.3, 0.4) is 0 Å². The number of aryl methyl sites for hydroxylation is 1. The predicted octanol–water partition coefficient (Wildman–Crippen LogP) is 2.39. The van der Waals surface area contributed by atoms with Gasteiger partial charge >= 0.3 is 5.97 Å². The lowest BCUT2D eigenvalue weighted by Gasteiger charge is -2.08. The maximum Gasteiger partial charge on any atom is 0.346 e. The SMILES string of the molecule is COc1ccc(/C(C)=C(\C#N)C(=O)O)cc1C. The summed E-state index contributed by atoms with van der Waals surface area (Å²) >= 11 is 0.